The van der Waals surface area contributed by atoms with E-state index >= 15 is 0 Å². The zero-order valence-electron chi connectivity index (χ0n) is 19.6. The summed E-state index contributed by atoms with van der Waals surface area (Å²) < 4.78 is 12.3. The van der Waals surface area contributed by atoms with Crippen molar-refractivity contribution in [2.45, 2.75) is 13.0 Å². The van der Waals surface area contributed by atoms with Gasteiger partial charge >= 0.3 is 11.7 Å². The van der Waals surface area contributed by atoms with E-state index in [4.69, 9.17) is 20.8 Å². The van der Waals surface area contributed by atoms with Gasteiger partial charge in [0.25, 0.3) is 5.56 Å². The van der Waals surface area contributed by atoms with Crippen molar-refractivity contribution < 1.29 is 24.0 Å². The van der Waals surface area contributed by atoms with Gasteiger partial charge < -0.3 is 14.3 Å². The van der Waals surface area contributed by atoms with Crippen LogP contribution in [0.25, 0.3) is 33.5 Å². The number of carboxylic acids is 1. The molecule has 0 fully saturated rings. The third-order valence-electron chi connectivity index (χ3n) is 5.63. The summed E-state index contributed by atoms with van der Waals surface area (Å²) in [5.41, 5.74) is 0.0220. The van der Waals surface area contributed by atoms with Gasteiger partial charge in [0, 0.05) is 22.0 Å². The van der Waals surface area contributed by atoms with Crippen LogP contribution in [0.2, 0.25) is 5.02 Å². The molecule has 0 bridgehead atoms. The number of hydrogen-bond acceptors (Lipinski definition) is 8. The van der Waals surface area contributed by atoms with Crippen LogP contribution in [0.4, 0.5) is 5.69 Å². The van der Waals surface area contributed by atoms with Crippen LogP contribution >= 0.6 is 11.6 Å². The van der Waals surface area contributed by atoms with E-state index in [-0.39, 0.29) is 28.3 Å². The first-order chi connectivity index (χ1) is 18.2. The van der Waals surface area contributed by atoms with Crippen LogP contribution in [-0.2, 0) is 4.79 Å². The highest BCUT2D eigenvalue weighted by molar-refractivity contribution is 6.31. The SMILES string of the molecule is C[C@H](Oc1c(C=Nn2c(-c3cc4cc(Cl)ccc4o3)nc3ccccc3c2=O)cccc1[N+](=O)[O-])C(=O)O. The average molecular weight is 533 g/mol. The minimum atomic E-state index is -1.38. The summed E-state index contributed by atoms with van der Waals surface area (Å²) in [6.07, 6.45) is -0.219. The molecular formula is C26H17ClN4O7. The molecule has 0 aliphatic rings. The zero-order chi connectivity index (χ0) is 27.0. The van der Waals surface area contributed by atoms with Gasteiger partial charge in [-0.15, -0.1) is 0 Å². The van der Waals surface area contributed by atoms with Gasteiger partial charge in [0.15, 0.2) is 11.9 Å². The van der Waals surface area contributed by atoms with Crippen LogP contribution in [-0.4, -0.2) is 38.0 Å². The lowest BCUT2D eigenvalue weighted by molar-refractivity contribution is -0.386. The highest BCUT2D eigenvalue weighted by atomic mass is 35.5. The van der Waals surface area contributed by atoms with E-state index in [9.17, 15) is 24.8 Å². The fourth-order valence-corrected chi connectivity index (χ4v) is 3.96. The number of nitro benzene ring substituents is 1. The van der Waals surface area contributed by atoms with Crippen LogP contribution in [0.3, 0.4) is 0 Å². The number of furan rings is 1. The molecule has 190 valence electrons. The number of carbonyl (C=O) groups is 1. The predicted octanol–water partition coefficient (Wildman–Crippen LogP) is 5.11. The van der Waals surface area contributed by atoms with Crippen LogP contribution in [0.5, 0.6) is 5.75 Å². The van der Waals surface area contributed by atoms with E-state index in [1.54, 1.807) is 48.5 Å². The number of benzene rings is 3. The molecule has 2 heterocycles. The van der Waals surface area contributed by atoms with E-state index in [0.29, 0.717) is 21.5 Å². The molecule has 0 amide bonds. The Morgan fingerprint density at radius 3 is 2.76 bits per heavy atom. The molecule has 3 aromatic carbocycles. The number of halogens is 1. The van der Waals surface area contributed by atoms with Crippen molar-refractivity contribution in [1.82, 2.24) is 9.66 Å². The summed E-state index contributed by atoms with van der Waals surface area (Å²) in [6, 6.07) is 17.4. The van der Waals surface area contributed by atoms with Crippen molar-refractivity contribution in [2.75, 3.05) is 0 Å². The zero-order valence-corrected chi connectivity index (χ0v) is 20.3. The molecule has 38 heavy (non-hydrogen) atoms. The monoisotopic (exact) mass is 532 g/mol. The van der Waals surface area contributed by atoms with Gasteiger partial charge in [-0.1, -0.05) is 29.8 Å². The first kappa shape index (κ1) is 24.7. The lowest BCUT2D eigenvalue weighted by Crippen LogP contribution is -2.24. The van der Waals surface area contributed by atoms with Gasteiger partial charge in [-0.05, 0) is 49.4 Å². The van der Waals surface area contributed by atoms with Crippen molar-refractivity contribution in [2.24, 2.45) is 5.10 Å². The van der Waals surface area contributed by atoms with Gasteiger partial charge in [0.2, 0.25) is 11.6 Å². The second kappa shape index (κ2) is 9.79. The standard InChI is InChI=1S/C26H17ClN4O7/c1-14(26(33)34)37-23-15(5-4-8-20(23)31(35)36)13-28-30-24(29-19-7-3-2-6-18(19)25(30)32)22-12-16-11-17(27)9-10-21(16)38-22/h2-14H,1H3,(H,33,34)/t14-/m0/s1. The Morgan fingerprint density at radius 2 is 2.00 bits per heavy atom. The van der Waals surface area contributed by atoms with E-state index in [2.05, 4.69) is 10.1 Å². The molecular weight excluding hydrogens is 516 g/mol. The fourth-order valence-electron chi connectivity index (χ4n) is 3.78. The molecule has 5 aromatic rings. The van der Waals surface area contributed by atoms with E-state index in [0.717, 1.165) is 10.9 Å². The largest absolute Gasteiger partial charge is 0.479 e. The van der Waals surface area contributed by atoms with E-state index in [1.165, 1.54) is 25.1 Å². The van der Waals surface area contributed by atoms with Crippen LogP contribution in [0.15, 0.2) is 81.0 Å². The van der Waals surface area contributed by atoms with Crippen molar-refractivity contribution in [3.05, 3.63) is 97.8 Å². The predicted molar refractivity (Wildman–Crippen MR) is 140 cm³/mol. The summed E-state index contributed by atoms with van der Waals surface area (Å²) in [6.45, 7) is 1.24. The number of nitrogens with zero attached hydrogens (tertiary/aromatic N) is 4. The Bertz CT molecular complexity index is 1830. The van der Waals surface area contributed by atoms with Crippen LogP contribution in [0.1, 0.15) is 12.5 Å². The lowest BCUT2D eigenvalue weighted by atomic mass is 10.2. The smallest absolute Gasteiger partial charge is 0.344 e. The second-order valence-corrected chi connectivity index (χ2v) is 8.59. The first-order valence-corrected chi connectivity index (χ1v) is 11.5. The van der Waals surface area contributed by atoms with Crippen LogP contribution < -0.4 is 10.3 Å². The van der Waals surface area contributed by atoms with Crippen molar-refractivity contribution in [1.29, 1.82) is 0 Å². The Balaban J connectivity index is 1.70. The molecule has 0 aliphatic carbocycles. The van der Waals surface area contributed by atoms with Gasteiger partial charge in [0.1, 0.15) is 5.58 Å². The van der Waals surface area contributed by atoms with Gasteiger partial charge in [-0.2, -0.15) is 9.78 Å². The number of rotatable bonds is 7. The summed E-state index contributed by atoms with van der Waals surface area (Å²) in [7, 11) is 0. The lowest BCUT2D eigenvalue weighted by Gasteiger charge is -2.13. The number of fused-ring (bicyclic) bond motifs is 2. The maximum atomic E-state index is 13.5. The van der Waals surface area contributed by atoms with E-state index < -0.39 is 28.2 Å². The number of para-hydroxylation sites is 2. The Kier molecular flexibility index (Phi) is 6.35. The molecule has 1 atom stereocenters. The Hall–Kier alpha value is -5.03. The third-order valence-corrected chi connectivity index (χ3v) is 5.86. The molecule has 0 radical (unpaired) electrons. The number of aliphatic carboxylic acids is 1. The Labute approximate surface area is 218 Å². The number of carboxylic acid groups (broad SMARTS) is 1. The summed E-state index contributed by atoms with van der Waals surface area (Å²) in [5, 5.41) is 26.6. The van der Waals surface area contributed by atoms with Gasteiger partial charge in [-0.3, -0.25) is 14.9 Å². The normalized spacial score (nSPS) is 12.3. The minimum Gasteiger partial charge on any atom is -0.479 e. The highest BCUT2D eigenvalue weighted by Gasteiger charge is 2.24. The summed E-state index contributed by atoms with van der Waals surface area (Å²) in [4.78, 5) is 40.3. The van der Waals surface area contributed by atoms with Crippen molar-refractivity contribution in [3.63, 3.8) is 0 Å². The van der Waals surface area contributed by atoms with Crippen molar-refractivity contribution >= 4 is 51.3 Å². The number of nitro groups is 1. The molecule has 2 aromatic heterocycles. The molecule has 0 spiro atoms. The maximum Gasteiger partial charge on any atom is 0.344 e. The van der Waals surface area contributed by atoms with Crippen LogP contribution in [0, 0.1) is 10.1 Å². The quantitative estimate of drug-likeness (QED) is 0.173. The summed E-state index contributed by atoms with van der Waals surface area (Å²) in [5.74, 6) is -1.31. The number of ether oxygens (including phenoxy) is 1. The average Bonchev–Trinajstić information content (AvgIpc) is 3.31. The minimum absolute atomic E-state index is 0.0732. The Morgan fingerprint density at radius 1 is 1.21 bits per heavy atom. The topological polar surface area (TPSA) is 150 Å². The molecule has 12 heteroatoms. The first-order valence-electron chi connectivity index (χ1n) is 11.2. The van der Waals surface area contributed by atoms with Gasteiger partial charge in [0.05, 0.1) is 22.0 Å². The molecule has 0 saturated heterocycles. The molecule has 5 rings (SSSR count). The molecule has 0 aliphatic heterocycles. The van der Waals surface area contributed by atoms with Gasteiger partial charge in [-0.25, -0.2) is 9.78 Å². The van der Waals surface area contributed by atoms with Crippen molar-refractivity contribution in [3.8, 4) is 17.3 Å². The molecule has 0 unspecified atom stereocenters. The molecule has 0 saturated carbocycles. The highest BCUT2D eigenvalue weighted by Crippen LogP contribution is 2.32. The van der Waals surface area contributed by atoms with E-state index in [1.807, 2.05) is 0 Å². The molecule has 11 nitrogen and oxygen atoms in total. The number of aromatic nitrogens is 2. The molecule has 1 N–H and O–H groups in total. The second-order valence-electron chi connectivity index (χ2n) is 8.16. The maximum absolute atomic E-state index is 13.5. The number of hydrogen-bond donors (Lipinski definition) is 1. The third kappa shape index (κ3) is 4.58. The summed E-state index contributed by atoms with van der Waals surface area (Å²) >= 11 is 6.10. The fraction of sp³-hybridized carbons (Fsp3) is 0.0769.